The first-order valence-electron chi connectivity index (χ1n) is 9.86. The van der Waals surface area contributed by atoms with Gasteiger partial charge in [-0.1, -0.05) is 44.2 Å². The molecule has 1 aromatic carbocycles. The highest BCUT2D eigenvalue weighted by Crippen LogP contribution is 2.31. The number of nitrogens with one attached hydrogen (secondary N) is 2. The smallest absolute Gasteiger partial charge is 0.225 e. The van der Waals surface area contributed by atoms with Crippen LogP contribution in [0.4, 0.5) is 11.8 Å². The van der Waals surface area contributed by atoms with Crippen molar-refractivity contribution < 1.29 is 5.11 Å². The summed E-state index contributed by atoms with van der Waals surface area (Å²) in [7, 11) is 0. The Morgan fingerprint density at radius 2 is 1.71 bits per heavy atom. The highest BCUT2D eigenvalue weighted by atomic mass is 16.3. The van der Waals surface area contributed by atoms with Gasteiger partial charge < -0.3 is 15.7 Å². The third-order valence-electron chi connectivity index (χ3n) is 4.47. The first-order chi connectivity index (χ1) is 13.4. The summed E-state index contributed by atoms with van der Waals surface area (Å²) in [5.41, 5.74) is 3.89. The Kier molecular flexibility index (Phi) is 6.14. The van der Waals surface area contributed by atoms with Gasteiger partial charge in [-0.2, -0.15) is 10.1 Å². The molecular formula is C21H30N6O. The SMILES string of the molecule is CC(O)CNc1nc(NCc2ccccc2)c2c(n1)c(C(C)C)nn2C(C)C. The van der Waals surface area contributed by atoms with Crippen LogP contribution >= 0.6 is 0 Å². The third kappa shape index (κ3) is 4.42. The van der Waals surface area contributed by atoms with Crippen LogP contribution in [0.3, 0.4) is 0 Å². The molecule has 150 valence electrons. The van der Waals surface area contributed by atoms with Crippen molar-refractivity contribution in [3.8, 4) is 0 Å². The Hall–Kier alpha value is -2.67. The number of benzene rings is 1. The van der Waals surface area contributed by atoms with Gasteiger partial charge in [-0.15, -0.1) is 0 Å². The van der Waals surface area contributed by atoms with E-state index in [9.17, 15) is 5.11 Å². The van der Waals surface area contributed by atoms with Crippen molar-refractivity contribution in [1.29, 1.82) is 0 Å². The monoisotopic (exact) mass is 382 g/mol. The number of aliphatic hydroxyl groups is 1. The zero-order valence-electron chi connectivity index (χ0n) is 17.3. The van der Waals surface area contributed by atoms with Crippen molar-refractivity contribution in [2.24, 2.45) is 0 Å². The van der Waals surface area contributed by atoms with E-state index in [4.69, 9.17) is 15.1 Å². The number of nitrogens with zero attached hydrogens (tertiary/aromatic N) is 4. The van der Waals surface area contributed by atoms with E-state index in [1.807, 2.05) is 22.9 Å². The molecule has 0 aliphatic heterocycles. The molecule has 0 fully saturated rings. The van der Waals surface area contributed by atoms with E-state index < -0.39 is 6.10 Å². The van der Waals surface area contributed by atoms with E-state index in [0.29, 0.717) is 19.0 Å². The van der Waals surface area contributed by atoms with Crippen molar-refractivity contribution >= 4 is 22.8 Å². The molecule has 28 heavy (non-hydrogen) atoms. The zero-order valence-corrected chi connectivity index (χ0v) is 17.3. The van der Waals surface area contributed by atoms with Crippen LogP contribution < -0.4 is 10.6 Å². The second kappa shape index (κ2) is 8.56. The molecule has 3 aromatic rings. The zero-order chi connectivity index (χ0) is 20.3. The molecule has 2 heterocycles. The van der Waals surface area contributed by atoms with Gasteiger partial charge in [-0.3, -0.25) is 4.68 Å². The van der Waals surface area contributed by atoms with Crippen molar-refractivity contribution in [2.75, 3.05) is 17.2 Å². The molecule has 0 amide bonds. The van der Waals surface area contributed by atoms with Crippen LogP contribution in [0, 0.1) is 0 Å². The van der Waals surface area contributed by atoms with Crippen LogP contribution in [-0.4, -0.2) is 37.5 Å². The molecule has 7 heteroatoms. The van der Waals surface area contributed by atoms with Gasteiger partial charge in [0.1, 0.15) is 11.0 Å². The molecule has 3 N–H and O–H groups in total. The first-order valence-corrected chi connectivity index (χ1v) is 9.86. The van der Waals surface area contributed by atoms with Gasteiger partial charge in [0.15, 0.2) is 5.82 Å². The van der Waals surface area contributed by atoms with E-state index in [1.165, 1.54) is 5.56 Å². The fourth-order valence-corrected chi connectivity index (χ4v) is 3.05. The number of hydrogen-bond acceptors (Lipinski definition) is 6. The highest BCUT2D eigenvalue weighted by Gasteiger charge is 2.21. The van der Waals surface area contributed by atoms with Gasteiger partial charge in [0.05, 0.1) is 11.8 Å². The van der Waals surface area contributed by atoms with Gasteiger partial charge in [-0.05, 0) is 32.3 Å². The summed E-state index contributed by atoms with van der Waals surface area (Å²) in [5, 5.41) is 21.1. The fourth-order valence-electron chi connectivity index (χ4n) is 3.05. The number of aliphatic hydroxyl groups excluding tert-OH is 1. The minimum atomic E-state index is -0.483. The minimum Gasteiger partial charge on any atom is -0.392 e. The fraction of sp³-hybridized carbons (Fsp3) is 0.476. The quantitative estimate of drug-likeness (QED) is 0.547. The number of rotatable bonds is 8. The number of aromatic nitrogens is 4. The summed E-state index contributed by atoms with van der Waals surface area (Å²) in [6, 6.07) is 10.4. The highest BCUT2D eigenvalue weighted by molar-refractivity contribution is 5.89. The van der Waals surface area contributed by atoms with Crippen LogP contribution in [0.5, 0.6) is 0 Å². The lowest BCUT2D eigenvalue weighted by Gasteiger charge is -2.14. The Bertz CT molecular complexity index is 918. The maximum absolute atomic E-state index is 9.62. The number of anilines is 2. The third-order valence-corrected chi connectivity index (χ3v) is 4.47. The second-order valence-corrected chi connectivity index (χ2v) is 7.74. The van der Waals surface area contributed by atoms with Gasteiger partial charge >= 0.3 is 0 Å². The molecule has 1 unspecified atom stereocenters. The Labute approximate surface area is 166 Å². The molecule has 7 nitrogen and oxygen atoms in total. The van der Waals surface area contributed by atoms with Crippen LogP contribution in [0.15, 0.2) is 30.3 Å². The molecule has 1 atom stereocenters. The summed E-state index contributed by atoms with van der Waals surface area (Å²) >= 11 is 0. The predicted octanol–water partition coefficient (Wildman–Crippen LogP) is 3.94. The largest absolute Gasteiger partial charge is 0.392 e. The van der Waals surface area contributed by atoms with E-state index in [-0.39, 0.29) is 12.0 Å². The maximum Gasteiger partial charge on any atom is 0.225 e. The minimum absolute atomic E-state index is 0.187. The molecule has 2 aromatic heterocycles. The normalized spacial score (nSPS) is 12.7. The van der Waals surface area contributed by atoms with Crippen molar-refractivity contribution in [1.82, 2.24) is 19.7 Å². The molecule has 0 aliphatic carbocycles. The maximum atomic E-state index is 9.62. The lowest BCUT2D eigenvalue weighted by atomic mass is 10.1. The van der Waals surface area contributed by atoms with E-state index in [1.54, 1.807) is 6.92 Å². The number of fused-ring (bicyclic) bond motifs is 1. The van der Waals surface area contributed by atoms with Gasteiger partial charge in [-0.25, -0.2) is 4.98 Å². The molecule has 0 spiro atoms. The first kappa shape index (κ1) is 20.1. The van der Waals surface area contributed by atoms with E-state index in [0.717, 1.165) is 22.5 Å². The molecule has 3 rings (SSSR count). The van der Waals surface area contributed by atoms with Crippen LogP contribution in [0.25, 0.3) is 11.0 Å². The molecule has 0 aliphatic rings. The summed E-state index contributed by atoms with van der Waals surface area (Å²) in [4.78, 5) is 9.43. The lowest BCUT2D eigenvalue weighted by Crippen LogP contribution is -2.17. The van der Waals surface area contributed by atoms with Crippen LogP contribution in [0.2, 0.25) is 0 Å². The molecule has 0 bridgehead atoms. The number of hydrogen-bond donors (Lipinski definition) is 3. The Morgan fingerprint density at radius 3 is 2.32 bits per heavy atom. The Morgan fingerprint density at radius 1 is 1.00 bits per heavy atom. The molecular weight excluding hydrogens is 352 g/mol. The molecule has 0 saturated heterocycles. The summed E-state index contributed by atoms with van der Waals surface area (Å²) in [5.74, 6) is 1.48. The van der Waals surface area contributed by atoms with Crippen molar-refractivity contribution in [3.05, 3.63) is 41.6 Å². The van der Waals surface area contributed by atoms with Gasteiger partial charge in [0, 0.05) is 19.1 Å². The van der Waals surface area contributed by atoms with E-state index in [2.05, 4.69) is 50.5 Å². The van der Waals surface area contributed by atoms with Crippen molar-refractivity contribution in [3.63, 3.8) is 0 Å². The van der Waals surface area contributed by atoms with Crippen LogP contribution in [-0.2, 0) is 6.54 Å². The summed E-state index contributed by atoms with van der Waals surface area (Å²) < 4.78 is 2.00. The van der Waals surface area contributed by atoms with E-state index >= 15 is 0 Å². The Balaban J connectivity index is 2.08. The van der Waals surface area contributed by atoms with Gasteiger partial charge in [0.25, 0.3) is 0 Å². The van der Waals surface area contributed by atoms with Crippen LogP contribution in [0.1, 0.15) is 57.8 Å². The van der Waals surface area contributed by atoms with Crippen molar-refractivity contribution in [2.45, 2.75) is 59.2 Å². The molecule has 0 saturated carbocycles. The average molecular weight is 383 g/mol. The topological polar surface area (TPSA) is 87.9 Å². The summed E-state index contributed by atoms with van der Waals surface area (Å²) in [6.07, 6.45) is -0.483. The average Bonchev–Trinajstić information content (AvgIpc) is 3.05. The lowest BCUT2D eigenvalue weighted by molar-refractivity contribution is 0.208. The summed E-state index contributed by atoms with van der Waals surface area (Å²) in [6.45, 7) is 11.2. The van der Waals surface area contributed by atoms with Gasteiger partial charge in [0.2, 0.25) is 5.95 Å². The second-order valence-electron chi connectivity index (χ2n) is 7.74. The predicted molar refractivity (Wildman–Crippen MR) is 114 cm³/mol. The standard InChI is InChI=1S/C21H30N6O/c1-13(2)17-18-19(27(26-17)14(3)4)20(22-12-16-9-7-6-8-10-16)25-21(24-18)23-11-15(5)28/h6-10,13-15,28H,11-12H2,1-5H3,(H2,22,23,24,25). The molecule has 0 radical (unpaired) electrons.